The van der Waals surface area contributed by atoms with Gasteiger partial charge in [-0.05, 0) is 24.3 Å². The molecule has 3 aliphatic rings. The normalized spacial score (nSPS) is 31.6. The SMILES string of the molecule is COc1cc(C(=O)C(=O)c2cc(O[C@@H]3O[C@H](CO)[C@@H](O)[C@H](O)[C@H]3O)c(OC)c(O[C@@H]3O[C@H](CO)[C@@H](O)[C@H](O)[C@H]3O)c2)cc2c1OCO2. The number of carbonyl (C=O) groups excluding carboxylic acids is 2. The van der Waals surface area contributed by atoms with E-state index < -0.39 is 103 Å². The van der Waals surface area contributed by atoms with E-state index in [2.05, 4.69) is 0 Å². The molecule has 8 N–H and O–H groups in total. The fourth-order valence-electron chi connectivity index (χ4n) is 5.19. The maximum atomic E-state index is 13.7. The number of hydrogen-bond acceptors (Lipinski definition) is 18. The first-order valence-corrected chi connectivity index (χ1v) is 14.2. The summed E-state index contributed by atoms with van der Waals surface area (Å²) in [5, 5.41) is 81.1. The van der Waals surface area contributed by atoms with E-state index in [4.69, 9.17) is 37.9 Å². The van der Waals surface area contributed by atoms with Gasteiger partial charge >= 0.3 is 0 Å². The van der Waals surface area contributed by atoms with Crippen molar-refractivity contribution in [1.29, 1.82) is 0 Å². The van der Waals surface area contributed by atoms with Crippen LogP contribution in [0.2, 0.25) is 0 Å². The van der Waals surface area contributed by atoms with Crippen LogP contribution in [0.3, 0.4) is 0 Å². The van der Waals surface area contributed by atoms with Crippen LogP contribution in [0.5, 0.6) is 34.5 Å². The van der Waals surface area contributed by atoms with Gasteiger partial charge in [0.05, 0.1) is 27.4 Å². The standard InChI is InChI=1S/C29H34O18/c1-40-12-3-10(4-13-27(12)43-9-42-13)18(32)19(33)11-5-14(44-28-24(38)22(36)20(34)16(7-30)46-28)26(41-2)15(6-11)45-29-25(39)23(37)21(35)17(8-31)47-29/h3-6,16-17,20-25,28-31,34-39H,7-9H2,1-2H3/t16-,17-,20-,21-,22+,23+,24-,25-,28-,29-/m1/s1. The Balaban J connectivity index is 1.55. The van der Waals surface area contributed by atoms with E-state index in [1.807, 2.05) is 0 Å². The van der Waals surface area contributed by atoms with Crippen molar-refractivity contribution in [1.82, 2.24) is 0 Å². The van der Waals surface area contributed by atoms with Gasteiger partial charge in [0.1, 0.15) is 48.8 Å². The summed E-state index contributed by atoms with van der Waals surface area (Å²) in [6.45, 7) is -1.70. The van der Waals surface area contributed by atoms with Crippen LogP contribution in [-0.4, -0.2) is 148 Å². The smallest absolute Gasteiger partial charge is 0.233 e. The molecular weight excluding hydrogens is 636 g/mol. The third kappa shape index (κ3) is 6.52. The lowest BCUT2D eigenvalue weighted by molar-refractivity contribution is -0.279. The average molecular weight is 671 g/mol. The molecule has 0 amide bonds. The molecule has 0 saturated carbocycles. The molecule has 258 valence electrons. The van der Waals surface area contributed by atoms with E-state index in [1.165, 1.54) is 19.2 Å². The molecule has 0 unspecified atom stereocenters. The zero-order valence-electron chi connectivity index (χ0n) is 24.9. The molecule has 2 fully saturated rings. The molecule has 5 rings (SSSR count). The average Bonchev–Trinajstić information content (AvgIpc) is 3.56. The lowest BCUT2D eigenvalue weighted by atomic mass is 9.98. The molecule has 18 nitrogen and oxygen atoms in total. The van der Waals surface area contributed by atoms with Crippen LogP contribution < -0.4 is 28.4 Å². The number of Topliss-reactive ketones (excluding diaryl/α,β-unsaturated/α-hetero) is 2. The molecule has 3 aliphatic heterocycles. The summed E-state index contributed by atoms with van der Waals surface area (Å²) in [7, 11) is 2.46. The number of ether oxygens (including phenoxy) is 8. The minimum Gasteiger partial charge on any atom is -0.493 e. The number of methoxy groups -OCH3 is 2. The Morgan fingerprint density at radius 2 is 1.13 bits per heavy atom. The van der Waals surface area contributed by atoms with Crippen LogP contribution in [0.25, 0.3) is 0 Å². The van der Waals surface area contributed by atoms with Crippen LogP contribution in [-0.2, 0) is 9.47 Å². The second-order valence-electron chi connectivity index (χ2n) is 10.7. The van der Waals surface area contributed by atoms with Crippen LogP contribution >= 0.6 is 0 Å². The van der Waals surface area contributed by atoms with E-state index in [0.717, 1.165) is 19.2 Å². The van der Waals surface area contributed by atoms with Crippen molar-refractivity contribution in [3.8, 4) is 34.5 Å². The van der Waals surface area contributed by atoms with E-state index in [9.17, 15) is 50.4 Å². The Morgan fingerprint density at radius 3 is 1.57 bits per heavy atom. The van der Waals surface area contributed by atoms with Crippen molar-refractivity contribution in [2.45, 2.75) is 61.4 Å². The fourth-order valence-corrected chi connectivity index (χ4v) is 5.19. The van der Waals surface area contributed by atoms with Crippen molar-refractivity contribution < 1.29 is 88.3 Å². The molecule has 18 heteroatoms. The molecule has 2 aromatic rings. The van der Waals surface area contributed by atoms with Gasteiger partial charge in [-0.25, -0.2) is 0 Å². The van der Waals surface area contributed by atoms with Gasteiger partial charge in [-0.1, -0.05) is 0 Å². The number of rotatable bonds is 11. The molecule has 47 heavy (non-hydrogen) atoms. The Labute approximate surface area is 265 Å². The summed E-state index contributed by atoms with van der Waals surface area (Å²) in [4.78, 5) is 27.1. The zero-order chi connectivity index (χ0) is 34.2. The summed E-state index contributed by atoms with van der Waals surface area (Å²) < 4.78 is 43.6. The lowest BCUT2D eigenvalue weighted by Crippen LogP contribution is -2.60. The lowest BCUT2D eigenvalue weighted by Gasteiger charge is -2.40. The summed E-state index contributed by atoms with van der Waals surface area (Å²) in [6.07, 6.45) is -17.2. The van der Waals surface area contributed by atoms with Crippen molar-refractivity contribution in [3.05, 3.63) is 35.4 Å². The Morgan fingerprint density at radius 1 is 0.660 bits per heavy atom. The highest BCUT2D eigenvalue weighted by Crippen LogP contribution is 2.44. The van der Waals surface area contributed by atoms with Gasteiger partial charge in [-0.15, -0.1) is 0 Å². The molecule has 2 aromatic carbocycles. The molecule has 0 bridgehead atoms. The Bertz CT molecular complexity index is 1400. The maximum absolute atomic E-state index is 13.7. The molecule has 0 spiro atoms. The quantitative estimate of drug-likeness (QED) is 0.0866. The van der Waals surface area contributed by atoms with E-state index in [0.29, 0.717) is 0 Å². The van der Waals surface area contributed by atoms with Gasteiger partial charge in [0.15, 0.2) is 23.0 Å². The second-order valence-corrected chi connectivity index (χ2v) is 10.7. The van der Waals surface area contributed by atoms with Crippen LogP contribution in [0, 0.1) is 0 Å². The fraction of sp³-hybridized carbons (Fsp3) is 0.517. The van der Waals surface area contributed by atoms with Gasteiger partial charge in [0.25, 0.3) is 0 Å². The third-order valence-corrected chi connectivity index (χ3v) is 7.80. The number of hydrogen-bond donors (Lipinski definition) is 8. The van der Waals surface area contributed by atoms with E-state index in [-0.39, 0.29) is 35.4 Å². The summed E-state index contributed by atoms with van der Waals surface area (Å²) in [5.74, 6) is -2.93. The maximum Gasteiger partial charge on any atom is 0.233 e. The number of benzene rings is 2. The van der Waals surface area contributed by atoms with Crippen molar-refractivity contribution in [3.63, 3.8) is 0 Å². The predicted molar refractivity (Wildman–Crippen MR) is 150 cm³/mol. The first kappa shape index (κ1) is 34.5. The van der Waals surface area contributed by atoms with Crippen LogP contribution in [0.1, 0.15) is 20.7 Å². The molecule has 3 heterocycles. The molecule has 0 aliphatic carbocycles. The molecule has 2 saturated heterocycles. The van der Waals surface area contributed by atoms with E-state index >= 15 is 0 Å². The first-order chi connectivity index (χ1) is 22.4. The number of aliphatic hydroxyl groups is 8. The largest absolute Gasteiger partial charge is 0.493 e. The minimum absolute atomic E-state index is 0.115. The van der Waals surface area contributed by atoms with Gasteiger partial charge in [0, 0.05) is 11.1 Å². The second kappa shape index (κ2) is 14.1. The van der Waals surface area contributed by atoms with Gasteiger partial charge in [0.2, 0.25) is 42.4 Å². The van der Waals surface area contributed by atoms with Gasteiger partial charge < -0.3 is 78.7 Å². The monoisotopic (exact) mass is 670 g/mol. The number of carbonyl (C=O) groups is 2. The first-order valence-electron chi connectivity index (χ1n) is 14.2. The highest BCUT2D eigenvalue weighted by atomic mass is 16.7. The molecule has 10 atom stereocenters. The Kier molecular flexibility index (Phi) is 10.4. The van der Waals surface area contributed by atoms with Gasteiger partial charge in [-0.2, -0.15) is 0 Å². The predicted octanol–water partition coefficient (Wildman–Crippen LogP) is -3.14. The summed E-state index contributed by atoms with van der Waals surface area (Å²) in [5.41, 5.74) is -0.564. The number of ketones is 2. The summed E-state index contributed by atoms with van der Waals surface area (Å²) in [6, 6.07) is 4.56. The van der Waals surface area contributed by atoms with Crippen LogP contribution in [0.15, 0.2) is 24.3 Å². The summed E-state index contributed by atoms with van der Waals surface area (Å²) >= 11 is 0. The van der Waals surface area contributed by atoms with Crippen molar-refractivity contribution >= 4 is 11.6 Å². The van der Waals surface area contributed by atoms with Crippen molar-refractivity contribution in [2.75, 3.05) is 34.2 Å². The molecule has 0 aromatic heterocycles. The van der Waals surface area contributed by atoms with E-state index in [1.54, 1.807) is 0 Å². The third-order valence-electron chi connectivity index (χ3n) is 7.80. The van der Waals surface area contributed by atoms with Crippen molar-refractivity contribution in [2.24, 2.45) is 0 Å². The Hall–Kier alpha value is -3.82. The topological polar surface area (TPSA) is 270 Å². The number of fused-ring (bicyclic) bond motifs is 1. The molecular formula is C29H34O18. The number of aliphatic hydroxyl groups excluding tert-OH is 8. The highest BCUT2D eigenvalue weighted by Gasteiger charge is 2.47. The van der Waals surface area contributed by atoms with Gasteiger partial charge in [-0.3, -0.25) is 9.59 Å². The highest BCUT2D eigenvalue weighted by molar-refractivity contribution is 6.49. The van der Waals surface area contributed by atoms with Crippen LogP contribution in [0.4, 0.5) is 0 Å². The zero-order valence-corrected chi connectivity index (χ0v) is 24.9. The minimum atomic E-state index is -1.89. The molecule has 0 radical (unpaired) electrons.